The van der Waals surface area contributed by atoms with Crippen molar-refractivity contribution in [3.05, 3.63) is 22.3 Å². The molecule has 0 atom stereocenters. The molecule has 2 N–H and O–H groups in total. The molecule has 4 nitrogen and oxygen atoms in total. The largest absolute Gasteiger partial charge is 0.392 e. The van der Waals surface area contributed by atoms with Gasteiger partial charge in [-0.05, 0) is 13.8 Å². The Bertz CT molecular complexity index is 326. The molecule has 0 aromatic rings. The van der Waals surface area contributed by atoms with E-state index in [1.807, 2.05) is 0 Å². The Morgan fingerprint density at radius 2 is 1.14 bits per heavy atom. The molecule has 0 radical (unpaired) electrons. The fourth-order valence-electron chi connectivity index (χ4n) is 1.40. The van der Waals surface area contributed by atoms with Gasteiger partial charge >= 0.3 is 0 Å². The van der Waals surface area contributed by atoms with Crippen molar-refractivity contribution in [3.8, 4) is 0 Å². The van der Waals surface area contributed by atoms with Crippen LogP contribution in [0, 0.1) is 0 Å². The molecule has 1 aliphatic carbocycles. The number of hydrogen-bond donors (Lipinski definition) is 2. The third-order valence-electron chi connectivity index (χ3n) is 2.47. The number of carbonyl (C=O) groups is 2. The Labute approximate surface area is 81.6 Å². The number of Topliss-reactive ketones (excluding diaryl/α,β-unsaturated/α-hetero) is 2. The summed E-state index contributed by atoms with van der Waals surface area (Å²) < 4.78 is 0. The van der Waals surface area contributed by atoms with E-state index >= 15 is 0 Å². The quantitative estimate of drug-likeness (QED) is 0.597. The molecular weight excluding hydrogens is 184 g/mol. The summed E-state index contributed by atoms with van der Waals surface area (Å²) in [5.41, 5.74) is 0.716. The number of allylic oxidation sites excluding steroid dienone is 2. The highest BCUT2D eigenvalue weighted by molar-refractivity contribution is 6.25. The third kappa shape index (κ3) is 1.42. The van der Waals surface area contributed by atoms with Crippen LogP contribution in [0.25, 0.3) is 0 Å². The highest BCUT2D eigenvalue weighted by atomic mass is 16.3. The second kappa shape index (κ2) is 3.86. The molecule has 1 rings (SSSR count). The van der Waals surface area contributed by atoms with Crippen LogP contribution in [0.2, 0.25) is 0 Å². The molecular formula is C10H12O4. The van der Waals surface area contributed by atoms with Crippen LogP contribution in [0.4, 0.5) is 0 Å². The summed E-state index contributed by atoms with van der Waals surface area (Å²) in [5.74, 6) is -0.706. The van der Waals surface area contributed by atoms with Crippen molar-refractivity contribution in [1.29, 1.82) is 0 Å². The number of hydrogen-bond acceptors (Lipinski definition) is 4. The molecule has 76 valence electrons. The van der Waals surface area contributed by atoms with Crippen LogP contribution >= 0.6 is 0 Å². The second-order valence-electron chi connectivity index (χ2n) is 3.18. The first kappa shape index (κ1) is 10.8. The lowest BCUT2D eigenvalue weighted by Gasteiger charge is -2.17. The molecule has 1 aliphatic rings. The van der Waals surface area contributed by atoms with Gasteiger partial charge in [-0.1, -0.05) is 0 Å². The third-order valence-corrected chi connectivity index (χ3v) is 2.47. The van der Waals surface area contributed by atoms with E-state index in [-0.39, 0.29) is 22.7 Å². The van der Waals surface area contributed by atoms with Gasteiger partial charge in [0.25, 0.3) is 0 Å². The van der Waals surface area contributed by atoms with Crippen molar-refractivity contribution in [1.82, 2.24) is 0 Å². The van der Waals surface area contributed by atoms with Crippen molar-refractivity contribution in [3.63, 3.8) is 0 Å². The smallest absolute Gasteiger partial charge is 0.187 e. The van der Waals surface area contributed by atoms with Crippen LogP contribution in [0.15, 0.2) is 22.3 Å². The number of aliphatic hydroxyl groups is 2. The van der Waals surface area contributed by atoms with Crippen molar-refractivity contribution in [2.45, 2.75) is 13.8 Å². The van der Waals surface area contributed by atoms with E-state index in [2.05, 4.69) is 0 Å². The van der Waals surface area contributed by atoms with E-state index < -0.39 is 13.2 Å². The van der Waals surface area contributed by atoms with Crippen LogP contribution in [0.3, 0.4) is 0 Å². The van der Waals surface area contributed by atoms with Gasteiger partial charge in [0.2, 0.25) is 0 Å². The van der Waals surface area contributed by atoms with Gasteiger partial charge in [0.1, 0.15) is 0 Å². The molecule has 0 spiro atoms. The lowest BCUT2D eigenvalue weighted by Crippen LogP contribution is -2.25. The SMILES string of the molecule is CC1=C(C)C(=O)C(CO)=C(CO)C1=O. The summed E-state index contributed by atoms with van der Waals surface area (Å²) in [4.78, 5) is 23.1. The maximum atomic E-state index is 11.5. The zero-order valence-electron chi connectivity index (χ0n) is 8.13. The van der Waals surface area contributed by atoms with E-state index in [0.29, 0.717) is 11.1 Å². The normalized spacial score (nSPS) is 18.3. The van der Waals surface area contributed by atoms with E-state index in [9.17, 15) is 9.59 Å². The number of rotatable bonds is 2. The van der Waals surface area contributed by atoms with Gasteiger partial charge in [-0.25, -0.2) is 0 Å². The summed E-state index contributed by atoms with van der Waals surface area (Å²) in [6.07, 6.45) is 0. The van der Waals surface area contributed by atoms with Crippen molar-refractivity contribution in [2.75, 3.05) is 13.2 Å². The average molecular weight is 196 g/mol. The first-order valence-electron chi connectivity index (χ1n) is 4.25. The molecule has 0 saturated heterocycles. The lowest BCUT2D eigenvalue weighted by molar-refractivity contribution is -0.117. The van der Waals surface area contributed by atoms with Crippen LogP contribution < -0.4 is 0 Å². The Balaban J connectivity index is 3.31. The Morgan fingerprint density at radius 3 is 1.36 bits per heavy atom. The van der Waals surface area contributed by atoms with Gasteiger partial charge in [-0.15, -0.1) is 0 Å². The predicted molar refractivity (Wildman–Crippen MR) is 49.6 cm³/mol. The Kier molecular flexibility index (Phi) is 2.98. The molecule has 0 amide bonds. The molecule has 14 heavy (non-hydrogen) atoms. The summed E-state index contributed by atoms with van der Waals surface area (Å²) in [7, 11) is 0. The van der Waals surface area contributed by atoms with Crippen LogP contribution in [-0.2, 0) is 9.59 Å². The maximum absolute atomic E-state index is 11.5. The highest BCUT2D eigenvalue weighted by Gasteiger charge is 2.28. The van der Waals surface area contributed by atoms with Gasteiger partial charge in [0, 0.05) is 22.3 Å². The Hall–Kier alpha value is -1.26. The predicted octanol–water partition coefficient (Wildman–Crippen LogP) is -0.244. The molecule has 0 bridgehead atoms. The molecule has 4 heteroatoms. The van der Waals surface area contributed by atoms with Crippen molar-refractivity contribution >= 4 is 11.6 Å². The van der Waals surface area contributed by atoms with Crippen molar-refractivity contribution in [2.24, 2.45) is 0 Å². The van der Waals surface area contributed by atoms with Gasteiger partial charge in [-0.3, -0.25) is 9.59 Å². The molecule has 0 heterocycles. The molecule has 0 fully saturated rings. The minimum Gasteiger partial charge on any atom is -0.392 e. The first-order chi connectivity index (χ1) is 6.54. The fraction of sp³-hybridized carbons (Fsp3) is 0.400. The number of carbonyl (C=O) groups excluding carboxylic acids is 2. The standard InChI is InChI=1S/C10H12O4/c1-5-6(2)10(14)8(4-12)7(3-11)9(5)13/h11-12H,3-4H2,1-2H3. The number of aliphatic hydroxyl groups excluding tert-OH is 2. The van der Waals surface area contributed by atoms with Gasteiger partial charge in [0.15, 0.2) is 11.6 Å². The molecule has 0 aromatic carbocycles. The fourth-order valence-corrected chi connectivity index (χ4v) is 1.40. The first-order valence-corrected chi connectivity index (χ1v) is 4.25. The van der Waals surface area contributed by atoms with Crippen LogP contribution in [-0.4, -0.2) is 35.0 Å². The van der Waals surface area contributed by atoms with E-state index in [4.69, 9.17) is 10.2 Å². The zero-order chi connectivity index (χ0) is 10.9. The molecule has 0 aromatic heterocycles. The van der Waals surface area contributed by atoms with Gasteiger partial charge in [0.05, 0.1) is 13.2 Å². The van der Waals surface area contributed by atoms with E-state index in [1.54, 1.807) is 13.8 Å². The van der Waals surface area contributed by atoms with E-state index in [1.165, 1.54) is 0 Å². The van der Waals surface area contributed by atoms with Crippen molar-refractivity contribution < 1.29 is 19.8 Å². The summed E-state index contributed by atoms with van der Waals surface area (Å²) in [6.45, 7) is 2.06. The number of ketones is 2. The molecule has 0 aliphatic heterocycles. The highest BCUT2D eigenvalue weighted by Crippen LogP contribution is 2.23. The summed E-state index contributed by atoms with van der Waals surface area (Å²) in [6, 6.07) is 0. The summed E-state index contributed by atoms with van der Waals surface area (Å²) in [5, 5.41) is 17.8. The molecule has 0 unspecified atom stereocenters. The average Bonchev–Trinajstić information content (AvgIpc) is 2.20. The van der Waals surface area contributed by atoms with Gasteiger partial charge < -0.3 is 10.2 Å². The minimum atomic E-state index is -0.509. The zero-order valence-corrected chi connectivity index (χ0v) is 8.13. The maximum Gasteiger partial charge on any atom is 0.187 e. The minimum absolute atomic E-state index is 0.0144. The van der Waals surface area contributed by atoms with Gasteiger partial charge in [-0.2, -0.15) is 0 Å². The monoisotopic (exact) mass is 196 g/mol. The van der Waals surface area contributed by atoms with E-state index in [0.717, 1.165) is 0 Å². The topological polar surface area (TPSA) is 74.6 Å². The Morgan fingerprint density at radius 1 is 0.857 bits per heavy atom. The second-order valence-corrected chi connectivity index (χ2v) is 3.18. The lowest BCUT2D eigenvalue weighted by atomic mass is 9.86. The van der Waals surface area contributed by atoms with Crippen LogP contribution in [0.5, 0.6) is 0 Å². The molecule has 0 saturated carbocycles. The summed E-state index contributed by atoms with van der Waals surface area (Å²) >= 11 is 0. The van der Waals surface area contributed by atoms with Crippen LogP contribution in [0.1, 0.15) is 13.8 Å².